The maximum absolute atomic E-state index is 14.1. The quantitative estimate of drug-likeness (QED) is 0.283. The number of sulfonamides is 1. The summed E-state index contributed by atoms with van der Waals surface area (Å²) in [6, 6.07) is 19.9. The molecule has 3 aromatic rings. The molecule has 3 aromatic carbocycles. The molecule has 43 heavy (non-hydrogen) atoms. The van der Waals surface area contributed by atoms with Gasteiger partial charge < -0.3 is 10.6 Å². The van der Waals surface area contributed by atoms with E-state index in [1.807, 2.05) is 42.5 Å². The van der Waals surface area contributed by atoms with E-state index in [9.17, 15) is 21.6 Å². The first kappa shape index (κ1) is 31.9. The van der Waals surface area contributed by atoms with E-state index in [0.717, 1.165) is 30.5 Å². The molecule has 2 atom stereocenters. The Balaban J connectivity index is 1.48. The first-order valence-corrected chi connectivity index (χ1v) is 18.4. The first-order valence-electron chi connectivity index (χ1n) is 14.0. The number of piperidine rings is 1. The fourth-order valence-corrected chi connectivity index (χ4v) is 9.32. The SMILES string of the molecule is CS(=O)(=O)[N+]1(NC(=O)C(CS(=O)(=O)Cc2ccc(Cl)c(Cl)c2)NCc2ccccc2)CC2(CCNCC2)c2ccccc21. The van der Waals surface area contributed by atoms with Crippen LogP contribution >= 0.6 is 23.2 Å². The van der Waals surface area contributed by atoms with E-state index in [1.54, 1.807) is 18.2 Å². The highest BCUT2D eigenvalue weighted by molar-refractivity contribution is 7.90. The smallest absolute Gasteiger partial charge is 0.317 e. The van der Waals surface area contributed by atoms with Crippen LogP contribution in [0.5, 0.6) is 0 Å². The molecule has 1 fully saturated rings. The summed E-state index contributed by atoms with van der Waals surface area (Å²) in [6.07, 6.45) is 2.53. The minimum Gasteiger partial charge on any atom is -0.317 e. The van der Waals surface area contributed by atoms with Crippen LogP contribution in [0, 0.1) is 0 Å². The van der Waals surface area contributed by atoms with E-state index in [0.29, 0.717) is 29.1 Å². The second-order valence-electron chi connectivity index (χ2n) is 11.4. The van der Waals surface area contributed by atoms with Gasteiger partial charge >= 0.3 is 10.0 Å². The van der Waals surface area contributed by atoms with Gasteiger partial charge in [-0.2, -0.15) is 13.8 Å². The zero-order chi connectivity index (χ0) is 30.9. The van der Waals surface area contributed by atoms with Crippen molar-refractivity contribution in [1.29, 1.82) is 0 Å². The van der Waals surface area contributed by atoms with Gasteiger partial charge in [0, 0.05) is 18.2 Å². The second-order valence-corrected chi connectivity index (χ2v) is 16.4. The number of quaternary nitrogens is 1. The molecule has 0 radical (unpaired) electrons. The molecule has 5 rings (SSSR count). The molecule has 2 aliphatic heterocycles. The highest BCUT2D eigenvalue weighted by Crippen LogP contribution is 2.50. The van der Waals surface area contributed by atoms with Gasteiger partial charge in [0.05, 0.1) is 33.2 Å². The maximum atomic E-state index is 14.1. The largest absolute Gasteiger partial charge is 0.321 e. The molecule has 2 heterocycles. The minimum atomic E-state index is -3.97. The number of carbonyl (C=O) groups is 1. The molecule has 0 bridgehead atoms. The van der Waals surface area contributed by atoms with Gasteiger partial charge in [-0.3, -0.25) is 4.79 Å². The zero-order valence-electron chi connectivity index (χ0n) is 23.7. The number of amides is 1. The van der Waals surface area contributed by atoms with Crippen LogP contribution < -0.4 is 20.1 Å². The molecule has 0 aromatic heterocycles. The summed E-state index contributed by atoms with van der Waals surface area (Å²) in [7, 11) is -7.85. The van der Waals surface area contributed by atoms with Crippen molar-refractivity contribution >= 4 is 54.7 Å². The third-order valence-electron chi connectivity index (χ3n) is 8.31. The van der Waals surface area contributed by atoms with Crippen LogP contribution in [0.1, 0.15) is 29.5 Å². The number of halogens is 2. The van der Waals surface area contributed by atoms with Gasteiger partial charge in [-0.25, -0.2) is 8.42 Å². The lowest BCUT2D eigenvalue weighted by Gasteiger charge is -2.36. The summed E-state index contributed by atoms with van der Waals surface area (Å²) < 4.78 is 53.4. The number of para-hydroxylation sites is 1. The van der Waals surface area contributed by atoms with Crippen LogP contribution in [-0.4, -0.2) is 60.4 Å². The Kier molecular flexibility index (Phi) is 9.25. The van der Waals surface area contributed by atoms with E-state index in [-0.39, 0.29) is 23.9 Å². The molecule has 0 aliphatic carbocycles. The molecule has 13 heteroatoms. The standard InChI is InChI=1S/C30H34Cl2N4O5S2/c1-42(38,39)36(21-30(13-15-33-16-14-30)24-9-5-6-10-28(24)36)35-29(37)27(34-18-22-7-3-2-4-8-22)20-43(40,41)19-23-11-12-25(31)26(32)17-23/h2-12,17,27,33-34H,13-16,18-21H2,1H3/p+1. The van der Waals surface area contributed by atoms with Crippen LogP contribution in [0.2, 0.25) is 10.0 Å². The van der Waals surface area contributed by atoms with Gasteiger partial charge in [0.25, 0.3) is 5.91 Å². The number of hydrogen-bond donors (Lipinski definition) is 3. The van der Waals surface area contributed by atoms with Crippen molar-refractivity contribution in [3.63, 3.8) is 0 Å². The molecular weight excluding hydrogens is 631 g/mol. The number of nitrogens with one attached hydrogen (secondary N) is 3. The average molecular weight is 667 g/mol. The summed E-state index contributed by atoms with van der Waals surface area (Å²) in [5.41, 5.74) is 5.02. The van der Waals surface area contributed by atoms with Crippen LogP contribution in [-0.2, 0) is 42.4 Å². The third kappa shape index (κ3) is 6.78. The third-order valence-corrected chi connectivity index (χ3v) is 12.2. The van der Waals surface area contributed by atoms with Crippen LogP contribution in [0.3, 0.4) is 0 Å². The van der Waals surface area contributed by atoms with Gasteiger partial charge in [-0.05, 0) is 49.2 Å². The number of fused-ring (bicyclic) bond motifs is 2. The molecule has 3 N–H and O–H groups in total. The van der Waals surface area contributed by atoms with Crippen molar-refractivity contribution in [2.75, 3.05) is 31.6 Å². The lowest BCUT2D eigenvalue weighted by Crippen LogP contribution is -2.68. The minimum absolute atomic E-state index is 0.125. The fourth-order valence-electron chi connectivity index (χ4n) is 6.16. The number of carbonyl (C=O) groups excluding carboxylic acids is 1. The van der Waals surface area contributed by atoms with Crippen LogP contribution in [0.4, 0.5) is 5.69 Å². The molecule has 1 spiro atoms. The van der Waals surface area contributed by atoms with Crippen molar-refractivity contribution in [1.82, 2.24) is 20.1 Å². The van der Waals surface area contributed by atoms with E-state index < -0.39 is 47.0 Å². The second kappa shape index (κ2) is 12.5. The van der Waals surface area contributed by atoms with E-state index in [1.165, 1.54) is 12.1 Å². The lowest BCUT2D eigenvalue weighted by molar-refractivity contribution is -0.125. The van der Waals surface area contributed by atoms with E-state index >= 15 is 0 Å². The topological polar surface area (TPSA) is 121 Å². The summed E-state index contributed by atoms with van der Waals surface area (Å²) in [4.78, 5) is 14.1. The Morgan fingerprint density at radius 2 is 1.60 bits per heavy atom. The summed E-state index contributed by atoms with van der Waals surface area (Å²) >= 11 is 12.1. The highest BCUT2D eigenvalue weighted by Gasteiger charge is 2.60. The summed E-state index contributed by atoms with van der Waals surface area (Å²) in [5.74, 6) is -1.65. The molecule has 2 unspecified atom stereocenters. The van der Waals surface area contributed by atoms with Crippen molar-refractivity contribution < 1.29 is 21.6 Å². The van der Waals surface area contributed by atoms with Gasteiger partial charge in [-0.15, -0.1) is 0 Å². The normalized spacial score (nSPS) is 20.4. The predicted octanol–water partition coefficient (Wildman–Crippen LogP) is 3.70. The molecule has 1 amide bonds. The molecule has 230 valence electrons. The predicted molar refractivity (Wildman–Crippen MR) is 171 cm³/mol. The molecule has 1 saturated heterocycles. The Hall–Kier alpha value is -2.51. The molecule has 0 saturated carbocycles. The molecule has 9 nitrogen and oxygen atoms in total. The van der Waals surface area contributed by atoms with Crippen molar-refractivity contribution in [2.24, 2.45) is 0 Å². The first-order chi connectivity index (χ1) is 20.3. The molecular formula is C30H35Cl2N4O5S2+. The molecule has 2 aliphatic rings. The Labute approximate surface area is 263 Å². The lowest BCUT2D eigenvalue weighted by atomic mass is 9.75. The Morgan fingerprint density at radius 1 is 0.930 bits per heavy atom. The van der Waals surface area contributed by atoms with Gasteiger partial charge in [0.2, 0.25) is 0 Å². The van der Waals surface area contributed by atoms with Crippen molar-refractivity contribution in [3.05, 3.63) is 99.5 Å². The maximum Gasteiger partial charge on any atom is 0.321 e. The van der Waals surface area contributed by atoms with Crippen molar-refractivity contribution in [2.45, 2.75) is 36.6 Å². The fraction of sp³-hybridized carbons (Fsp3) is 0.367. The van der Waals surface area contributed by atoms with Crippen LogP contribution in [0.25, 0.3) is 0 Å². The van der Waals surface area contributed by atoms with Crippen molar-refractivity contribution in [3.8, 4) is 0 Å². The zero-order valence-corrected chi connectivity index (χ0v) is 26.9. The summed E-state index contributed by atoms with van der Waals surface area (Å²) in [5, 5.41) is 6.95. The van der Waals surface area contributed by atoms with Gasteiger partial charge in [0.15, 0.2) is 15.5 Å². The van der Waals surface area contributed by atoms with Gasteiger partial charge in [0.1, 0.15) is 12.6 Å². The number of nitrogens with zero attached hydrogens (tertiary/aromatic N) is 1. The van der Waals surface area contributed by atoms with Gasteiger partial charge in [-0.1, -0.05) is 81.8 Å². The number of rotatable bonds is 10. The summed E-state index contributed by atoms with van der Waals surface area (Å²) in [6.45, 7) is 1.77. The Bertz CT molecular complexity index is 1720. The Morgan fingerprint density at radius 3 is 2.28 bits per heavy atom. The monoisotopic (exact) mass is 665 g/mol. The van der Waals surface area contributed by atoms with E-state index in [4.69, 9.17) is 23.2 Å². The number of sulfone groups is 1. The van der Waals surface area contributed by atoms with E-state index in [2.05, 4.69) is 16.1 Å². The number of hydrogen-bond acceptors (Lipinski definition) is 7. The number of benzene rings is 3. The highest BCUT2D eigenvalue weighted by atomic mass is 35.5. The van der Waals surface area contributed by atoms with Crippen LogP contribution in [0.15, 0.2) is 72.8 Å². The average Bonchev–Trinajstić information content (AvgIpc) is 3.23.